The molecule has 0 atom stereocenters. The van der Waals surface area contributed by atoms with Crippen LogP contribution in [-0.2, 0) is 5.91 Å². The number of nitrogen functional groups attached to an aromatic ring is 1. The minimum absolute atomic E-state index is 0.0472. The van der Waals surface area contributed by atoms with E-state index in [2.05, 4.69) is 20.3 Å². The number of imidazole rings is 1. The molecule has 0 radical (unpaired) electrons. The number of anilines is 2. The van der Waals surface area contributed by atoms with E-state index in [0.29, 0.717) is 77.1 Å². The average Bonchev–Trinajstić information content (AvgIpc) is 3.52. The molecule has 1 fully saturated rings. The molecular formula is C36H35FN10O2. The number of nitriles is 1. The number of aromatic nitrogens is 6. The number of nitrogens with two attached hydrogens (primary N) is 1. The number of pyridine rings is 2. The number of piperidine rings is 1. The molecule has 6 aromatic rings. The smallest absolute Gasteiger partial charge is 0.253 e. The normalized spacial score (nSPS) is 13.8. The van der Waals surface area contributed by atoms with Crippen molar-refractivity contribution in [2.45, 2.75) is 38.6 Å². The number of fused-ring (bicyclic) bond motifs is 1. The quantitative estimate of drug-likeness (QED) is 0.165. The van der Waals surface area contributed by atoms with Gasteiger partial charge in [0, 0.05) is 48.3 Å². The SMILES string of the molecule is CC.N#Cc1nccc(NC2CCN(C(O)(O)c3ccc(-n4c(-c5cccnc5N)nc5ccc(-c6ccc(F)cc6)nc54)cc3)CC2)n1. The molecule has 49 heavy (non-hydrogen) atoms. The minimum atomic E-state index is -2.21. The second-order valence-corrected chi connectivity index (χ2v) is 11.2. The predicted molar refractivity (Wildman–Crippen MR) is 184 cm³/mol. The first-order valence-corrected chi connectivity index (χ1v) is 16.0. The average molecular weight is 659 g/mol. The lowest BCUT2D eigenvalue weighted by atomic mass is 10.0. The molecule has 1 saturated heterocycles. The summed E-state index contributed by atoms with van der Waals surface area (Å²) < 4.78 is 15.5. The Morgan fingerprint density at radius 1 is 0.898 bits per heavy atom. The van der Waals surface area contributed by atoms with Gasteiger partial charge >= 0.3 is 0 Å². The lowest BCUT2D eigenvalue weighted by molar-refractivity contribution is -0.279. The van der Waals surface area contributed by atoms with Crippen LogP contribution in [0.3, 0.4) is 0 Å². The number of aliphatic hydroxyl groups is 2. The zero-order valence-corrected chi connectivity index (χ0v) is 27.0. The molecule has 1 aliphatic rings. The monoisotopic (exact) mass is 658 g/mol. The van der Waals surface area contributed by atoms with Gasteiger partial charge in [0.2, 0.25) is 5.82 Å². The zero-order valence-electron chi connectivity index (χ0n) is 27.0. The minimum Gasteiger partial charge on any atom is -0.383 e. The number of halogens is 1. The van der Waals surface area contributed by atoms with E-state index in [-0.39, 0.29) is 17.7 Å². The van der Waals surface area contributed by atoms with Crippen molar-refractivity contribution in [1.82, 2.24) is 34.4 Å². The van der Waals surface area contributed by atoms with E-state index in [0.717, 1.165) is 5.56 Å². The number of nitrogens with zero attached hydrogens (tertiary/aromatic N) is 8. The van der Waals surface area contributed by atoms with Crippen molar-refractivity contribution in [2.75, 3.05) is 24.1 Å². The van der Waals surface area contributed by atoms with Crippen molar-refractivity contribution in [3.05, 3.63) is 108 Å². The summed E-state index contributed by atoms with van der Waals surface area (Å²) >= 11 is 0. The van der Waals surface area contributed by atoms with E-state index in [4.69, 9.17) is 21.0 Å². The molecule has 5 heterocycles. The standard InChI is InChI=1S/C34H29FN10O2.C2H6/c35-23-7-3-21(4-8-23)27-11-12-28-33(41-27)45(32(42-28)26-2-1-16-39-31(26)37)25-9-5-22(6-10-25)34(46,47)44-18-14-24(15-19-44)40-29-13-17-38-30(20-36)43-29;1-2/h1-13,16-17,24,46-47H,14-15,18-19H2,(H2,37,39)(H,38,40,43);1-2H3. The first-order valence-electron chi connectivity index (χ1n) is 16.0. The van der Waals surface area contributed by atoms with Gasteiger partial charge < -0.3 is 21.3 Å². The highest BCUT2D eigenvalue weighted by molar-refractivity contribution is 5.84. The topological polar surface area (TPSA) is 175 Å². The first kappa shape index (κ1) is 33.1. The van der Waals surface area contributed by atoms with Crippen molar-refractivity contribution in [3.8, 4) is 34.4 Å². The second kappa shape index (κ2) is 14.1. The fraction of sp³-hybridized carbons (Fsp3) is 0.222. The van der Waals surface area contributed by atoms with Crippen molar-refractivity contribution in [1.29, 1.82) is 5.26 Å². The van der Waals surface area contributed by atoms with Crippen molar-refractivity contribution >= 4 is 22.8 Å². The Bertz CT molecular complexity index is 2100. The largest absolute Gasteiger partial charge is 0.383 e. The molecule has 1 aliphatic heterocycles. The van der Waals surface area contributed by atoms with Crippen LogP contribution in [0.2, 0.25) is 0 Å². The van der Waals surface area contributed by atoms with Gasteiger partial charge in [-0.15, -0.1) is 0 Å². The molecule has 248 valence electrons. The Morgan fingerprint density at radius 3 is 2.33 bits per heavy atom. The van der Waals surface area contributed by atoms with Crippen LogP contribution in [0.1, 0.15) is 38.1 Å². The van der Waals surface area contributed by atoms with Gasteiger partial charge in [-0.05, 0) is 79.6 Å². The maximum atomic E-state index is 13.6. The summed E-state index contributed by atoms with van der Waals surface area (Å²) in [4.78, 5) is 23.7. The number of benzene rings is 2. The Balaban J connectivity index is 0.00000205. The molecule has 0 saturated carbocycles. The third-order valence-corrected chi connectivity index (χ3v) is 8.28. The zero-order chi connectivity index (χ0) is 34.5. The summed E-state index contributed by atoms with van der Waals surface area (Å²) in [5.41, 5.74) is 10.4. The molecule has 12 nitrogen and oxygen atoms in total. The summed E-state index contributed by atoms with van der Waals surface area (Å²) in [6, 6.07) is 23.9. The Hall–Kier alpha value is -5.81. The van der Waals surface area contributed by atoms with Gasteiger partial charge in [0.1, 0.15) is 29.0 Å². The van der Waals surface area contributed by atoms with Crippen molar-refractivity contribution < 1.29 is 14.6 Å². The number of hydrogen-bond donors (Lipinski definition) is 4. The Kier molecular flexibility index (Phi) is 9.54. The summed E-state index contributed by atoms with van der Waals surface area (Å²) in [6.07, 6.45) is 4.39. The van der Waals surface area contributed by atoms with Crippen LogP contribution in [-0.4, -0.2) is 63.7 Å². The lowest BCUT2D eigenvalue weighted by Gasteiger charge is -2.40. The molecule has 0 aliphatic carbocycles. The number of rotatable bonds is 7. The van der Waals surface area contributed by atoms with Crippen LogP contribution in [0, 0.1) is 17.1 Å². The van der Waals surface area contributed by atoms with Gasteiger partial charge in [-0.1, -0.05) is 26.0 Å². The van der Waals surface area contributed by atoms with Crippen molar-refractivity contribution in [3.63, 3.8) is 0 Å². The maximum Gasteiger partial charge on any atom is 0.253 e. The maximum absolute atomic E-state index is 13.6. The summed E-state index contributed by atoms with van der Waals surface area (Å²) in [5, 5.41) is 35.0. The van der Waals surface area contributed by atoms with Crippen LogP contribution < -0.4 is 11.1 Å². The highest BCUT2D eigenvalue weighted by atomic mass is 19.1. The highest BCUT2D eigenvalue weighted by Gasteiger charge is 2.37. The van der Waals surface area contributed by atoms with E-state index in [1.165, 1.54) is 18.3 Å². The summed E-state index contributed by atoms with van der Waals surface area (Å²) in [5.74, 6) is -1.09. The van der Waals surface area contributed by atoms with Crippen molar-refractivity contribution in [2.24, 2.45) is 0 Å². The van der Waals surface area contributed by atoms with Gasteiger partial charge in [0.15, 0.2) is 11.5 Å². The molecule has 5 N–H and O–H groups in total. The van der Waals surface area contributed by atoms with Gasteiger partial charge in [-0.2, -0.15) is 5.26 Å². The molecule has 4 aromatic heterocycles. The molecule has 0 spiro atoms. The van der Waals surface area contributed by atoms with Gasteiger partial charge in [0.25, 0.3) is 5.91 Å². The predicted octanol–water partition coefficient (Wildman–Crippen LogP) is 5.23. The lowest BCUT2D eigenvalue weighted by Crippen LogP contribution is -2.51. The van der Waals surface area contributed by atoms with E-state index < -0.39 is 5.91 Å². The number of hydrogen-bond acceptors (Lipinski definition) is 11. The third kappa shape index (κ3) is 6.79. The first-order chi connectivity index (χ1) is 23.8. The molecular weight excluding hydrogens is 623 g/mol. The molecule has 0 unspecified atom stereocenters. The summed E-state index contributed by atoms with van der Waals surface area (Å²) in [6.45, 7) is 4.82. The number of nitrogens with one attached hydrogen (secondary N) is 1. The molecule has 0 amide bonds. The third-order valence-electron chi connectivity index (χ3n) is 8.28. The molecule has 13 heteroatoms. The van der Waals surface area contributed by atoms with Crippen LogP contribution in [0.25, 0.3) is 39.5 Å². The Labute approximate surface area is 282 Å². The Morgan fingerprint density at radius 2 is 1.63 bits per heavy atom. The van der Waals surface area contributed by atoms with E-state index >= 15 is 0 Å². The highest BCUT2D eigenvalue weighted by Crippen LogP contribution is 2.33. The second-order valence-electron chi connectivity index (χ2n) is 11.2. The van der Waals surface area contributed by atoms with Gasteiger partial charge in [-0.3, -0.25) is 4.57 Å². The van der Waals surface area contributed by atoms with Crippen LogP contribution in [0.4, 0.5) is 16.0 Å². The van der Waals surface area contributed by atoms with Gasteiger partial charge in [0.05, 0.1) is 11.3 Å². The van der Waals surface area contributed by atoms with Crippen LogP contribution >= 0.6 is 0 Å². The van der Waals surface area contributed by atoms with Gasteiger partial charge in [-0.25, -0.2) is 34.2 Å². The fourth-order valence-electron chi connectivity index (χ4n) is 5.82. The fourth-order valence-corrected chi connectivity index (χ4v) is 5.82. The van der Waals surface area contributed by atoms with Crippen LogP contribution in [0.15, 0.2) is 91.3 Å². The number of likely N-dealkylation sites (tertiary alicyclic amines) is 1. The van der Waals surface area contributed by atoms with E-state index in [1.807, 2.05) is 42.7 Å². The van der Waals surface area contributed by atoms with Crippen LogP contribution in [0.5, 0.6) is 0 Å². The molecule has 7 rings (SSSR count). The molecule has 0 bridgehead atoms. The van der Waals surface area contributed by atoms with E-state index in [1.54, 1.807) is 59.6 Å². The van der Waals surface area contributed by atoms with E-state index in [9.17, 15) is 14.6 Å². The summed E-state index contributed by atoms with van der Waals surface area (Å²) in [7, 11) is 0. The molecule has 2 aromatic carbocycles.